The van der Waals surface area contributed by atoms with Crippen LogP contribution in [0.1, 0.15) is 60.8 Å². The predicted octanol–water partition coefficient (Wildman–Crippen LogP) is 4.60. The van der Waals surface area contributed by atoms with Gasteiger partial charge in [-0.1, -0.05) is 26.8 Å². The van der Waals surface area contributed by atoms with Crippen LogP contribution in [0, 0.1) is 39.9 Å². The topological polar surface area (TPSA) is 80.7 Å². The van der Waals surface area contributed by atoms with E-state index in [-0.39, 0.29) is 48.8 Å². The maximum atomic E-state index is 15.5. The summed E-state index contributed by atoms with van der Waals surface area (Å²) in [7, 11) is 0. The summed E-state index contributed by atoms with van der Waals surface area (Å²) in [5.41, 5.74) is -1.97. The molecule has 0 unspecified atom stereocenters. The Kier molecular flexibility index (Phi) is 6.01. The molecular formula is C27H36ClFO5. The second-order valence-corrected chi connectivity index (χ2v) is 13.1. The number of esters is 1. The van der Waals surface area contributed by atoms with Gasteiger partial charge in [0.15, 0.2) is 11.6 Å². The lowest BCUT2D eigenvalue weighted by Crippen LogP contribution is -2.67. The molecule has 1 N–H and O–H groups in total. The van der Waals surface area contributed by atoms with Gasteiger partial charge in [-0.3, -0.25) is 14.4 Å². The van der Waals surface area contributed by atoms with Crippen molar-refractivity contribution in [3.05, 3.63) is 23.8 Å². The minimum absolute atomic E-state index is 0.0201. The molecule has 188 valence electrons. The number of carbonyl (C=O) groups excluding carboxylic acids is 3. The Balaban J connectivity index is 1.67. The lowest BCUT2D eigenvalue weighted by Gasteiger charge is -2.63. The molecule has 4 rings (SSSR count). The second kappa shape index (κ2) is 7.99. The summed E-state index contributed by atoms with van der Waals surface area (Å²) in [5, 5.41) is 11.5. The van der Waals surface area contributed by atoms with Crippen LogP contribution in [-0.2, 0) is 19.1 Å². The summed E-state index contributed by atoms with van der Waals surface area (Å²) in [5.74, 6) is -1.77. The molecule has 7 heteroatoms. The maximum absolute atomic E-state index is 15.5. The van der Waals surface area contributed by atoms with Crippen LogP contribution in [0.3, 0.4) is 0 Å². The highest BCUT2D eigenvalue weighted by Gasteiger charge is 2.71. The zero-order valence-electron chi connectivity index (χ0n) is 20.9. The molecule has 3 fully saturated rings. The van der Waals surface area contributed by atoms with E-state index < -0.39 is 45.3 Å². The number of halogens is 2. The van der Waals surface area contributed by atoms with E-state index in [4.69, 9.17) is 16.3 Å². The smallest absolute Gasteiger partial charge is 0.311 e. The second-order valence-electron chi connectivity index (χ2n) is 12.4. The quantitative estimate of drug-likeness (QED) is 0.458. The fourth-order valence-corrected chi connectivity index (χ4v) is 8.19. The first-order valence-corrected chi connectivity index (χ1v) is 12.6. The van der Waals surface area contributed by atoms with E-state index in [1.165, 1.54) is 12.2 Å². The Morgan fingerprint density at radius 3 is 2.50 bits per heavy atom. The van der Waals surface area contributed by atoms with Crippen LogP contribution in [0.15, 0.2) is 23.8 Å². The molecule has 34 heavy (non-hydrogen) atoms. The lowest BCUT2D eigenvalue weighted by atomic mass is 9.46. The zero-order valence-corrected chi connectivity index (χ0v) is 21.6. The first kappa shape index (κ1) is 25.6. The number of ether oxygens (including phenoxy) is 1. The van der Waals surface area contributed by atoms with E-state index in [1.54, 1.807) is 26.8 Å². The van der Waals surface area contributed by atoms with Gasteiger partial charge in [0, 0.05) is 11.3 Å². The van der Waals surface area contributed by atoms with E-state index in [0.717, 1.165) is 0 Å². The number of hydrogen-bond donors (Lipinski definition) is 1. The Morgan fingerprint density at radius 1 is 1.24 bits per heavy atom. The molecule has 5 nitrogen and oxygen atoms in total. The number of carbonyl (C=O) groups is 3. The van der Waals surface area contributed by atoms with Crippen LogP contribution in [0.2, 0.25) is 0 Å². The number of rotatable bonds is 3. The number of aliphatic hydroxyl groups excluding tert-OH is 1. The van der Waals surface area contributed by atoms with Gasteiger partial charge in [-0.05, 0) is 80.9 Å². The van der Waals surface area contributed by atoms with Crippen LogP contribution in [0.4, 0.5) is 4.39 Å². The van der Waals surface area contributed by atoms with Crippen molar-refractivity contribution in [3.63, 3.8) is 0 Å². The molecule has 0 aromatic heterocycles. The Hall–Kier alpha value is -1.53. The number of alkyl halides is 2. The van der Waals surface area contributed by atoms with Crippen molar-refractivity contribution in [1.29, 1.82) is 0 Å². The minimum Gasteiger partial charge on any atom is -0.457 e. The molecule has 0 bridgehead atoms. The average Bonchev–Trinajstić information content (AvgIpc) is 2.99. The number of hydrogen-bond acceptors (Lipinski definition) is 5. The molecule has 0 heterocycles. The van der Waals surface area contributed by atoms with Crippen LogP contribution in [0.25, 0.3) is 0 Å². The van der Waals surface area contributed by atoms with Crippen molar-refractivity contribution in [2.45, 2.75) is 78.0 Å². The number of ketones is 2. The van der Waals surface area contributed by atoms with E-state index in [9.17, 15) is 19.5 Å². The molecule has 9 atom stereocenters. The molecule has 4 aliphatic carbocycles. The number of aliphatic hydroxyl groups is 1. The van der Waals surface area contributed by atoms with Gasteiger partial charge in [-0.15, -0.1) is 11.6 Å². The molecule has 0 spiro atoms. The summed E-state index contributed by atoms with van der Waals surface area (Å²) in [6, 6.07) is 0. The summed E-state index contributed by atoms with van der Waals surface area (Å²) in [4.78, 5) is 36.4. The zero-order chi connectivity index (χ0) is 25.4. The van der Waals surface area contributed by atoms with Gasteiger partial charge in [0.1, 0.15) is 12.8 Å². The van der Waals surface area contributed by atoms with E-state index >= 15 is 4.39 Å². The highest BCUT2D eigenvalue weighted by molar-refractivity contribution is 6.26. The summed E-state index contributed by atoms with van der Waals surface area (Å²) >= 11 is 7.34. The Labute approximate surface area is 206 Å². The largest absolute Gasteiger partial charge is 0.457 e. The highest BCUT2D eigenvalue weighted by Crippen LogP contribution is 2.70. The minimum atomic E-state index is -1.34. The van der Waals surface area contributed by atoms with Gasteiger partial charge in [-0.25, -0.2) is 4.39 Å². The van der Waals surface area contributed by atoms with Gasteiger partial charge in [0.2, 0.25) is 0 Å². The summed E-state index contributed by atoms with van der Waals surface area (Å²) in [6.45, 7) is 10.7. The molecule has 0 amide bonds. The van der Waals surface area contributed by atoms with Gasteiger partial charge in [-0.2, -0.15) is 0 Å². The van der Waals surface area contributed by atoms with Gasteiger partial charge in [0.05, 0.1) is 16.4 Å². The third kappa shape index (κ3) is 3.46. The average molecular weight is 495 g/mol. The summed E-state index contributed by atoms with van der Waals surface area (Å²) in [6.07, 6.45) is 3.13. The molecule has 0 radical (unpaired) electrons. The third-order valence-corrected chi connectivity index (χ3v) is 10.2. The van der Waals surface area contributed by atoms with Crippen molar-refractivity contribution < 1.29 is 28.6 Å². The fraction of sp³-hybridized carbons (Fsp3) is 0.741. The predicted molar refractivity (Wildman–Crippen MR) is 127 cm³/mol. The normalized spacial score (nSPS) is 45.7. The Bertz CT molecular complexity index is 982. The Morgan fingerprint density at radius 2 is 1.88 bits per heavy atom. The molecular weight excluding hydrogens is 459 g/mol. The summed E-state index contributed by atoms with van der Waals surface area (Å²) < 4.78 is 20.9. The van der Waals surface area contributed by atoms with Gasteiger partial charge in [0.25, 0.3) is 0 Å². The molecule has 3 saturated carbocycles. The van der Waals surface area contributed by atoms with Crippen molar-refractivity contribution in [2.75, 3.05) is 6.61 Å². The van der Waals surface area contributed by atoms with Crippen LogP contribution in [-0.4, -0.2) is 46.4 Å². The first-order valence-electron chi connectivity index (χ1n) is 12.2. The maximum Gasteiger partial charge on any atom is 0.311 e. The van der Waals surface area contributed by atoms with Crippen molar-refractivity contribution in [2.24, 2.45) is 39.9 Å². The van der Waals surface area contributed by atoms with Gasteiger partial charge < -0.3 is 9.84 Å². The molecule has 0 aromatic rings. The molecule has 0 aromatic carbocycles. The molecule has 0 saturated heterocycles. The highest BCUT2D eigenvalue weighted by atomic mass is 35.5. The standard InChI is InChI=1S/C27H36ClFO5/c1-14-9-16-17-11-19(29)18-10-15(30)7-8-26(18,6)27(17,28)21(32)12-25(16,5)22(14)20(31)13-34-23(33)24(2,3)4/h7-8,10,14,16-17,19,21-22,32H,9,11-13H2,1-6H3/t14-,16+,17-,19-,21+,22+,25-,26+,27+/m1/s1. The van der Waals surface area contributed by atoms with Crippen molar-refractivity contribution in [3.8, 4) is 0 Å². The van der Waals surface area contributed by atoms with Crippen LogP contribution < -0.4 is 0 Å². The van der Waals surface area contributed by atoms with E-state index in [2.05, 4.69) is 0 Å². The molecule has 0 aliphatic heterocycles. The van der Waals surface area contributed by atoms with E-state index in [0.29, 0.717) is 12.0 Å². The third-order valence-electron chi connectivity index (χ3n) is 9.27. The van der Waals surface area contributed by atoms with Crippen LogP contribution in [0.5, 0.6) is 0 Å². The van der Waals surface area contributed by atoms with E-state index in [1.807, 2.05) is 20.8 Å². The molecule has 4 aliphatic rings. The van der Waals surface area contributed by atoms with Crippen molar-refractivity contribution >= 4 is 29.1 Å². The fourth-order valence-electron chi connectivity index (χ4n) is 7.70. The lowest BCUT2D eigenvalue weighted by molar-refractivity contribution is -0.159. The number of allylic oxidation sites excluding steroid dienone is 4. The first-order chi connectivity index (χ1) is 15.6. The number of Topliss-reactive ketones (excluding diaryl/α,β-unsaturated/α-hetero) is 1. The monoisotopic (exact) mass is 494 g/mol. The number of fused-ring (bicyclic) bond motifs is 5. The van der Waals surface area contributed by atoms with Crippen molar-refractivity contribution in [1.82, 2.24) is 0 Å². The van der Waals surface area contributed by atoms with Gasteiger partial charge >= 0.3 is 5.97 Å². The van der Waals surface area contributed by atoms with Crippen LogP contribution >= 0.6 is 11.6 Å². The SMILES string of the molecule is C[C@@H]1C[C@H]2[C@H]3C[C@@H](F)C4=CC(=O)C=C[C@]4(C)[C@@]3(Cl)[C@@H](O)C[C@@]2(C)[C@@H]1C(=O)COC(=O)C(C)(C)C.